The van der Waals surface area contributed by atoms with Gasteiger partial charge in [0.25, 0.3) is 0 Å². The first-order valence-corrected chi connectivity index (χ1v) is 10.6. The molecule has 0 unspecified atom stereocenters. The van der Waals surface area contributed by atoms with E-state index in [-0.39, 0.29) is 25.9 Å². The van der Waals surface area contributed by atoms with Gasteiger partial charge in [0.2, 0.25) is 15.9 Å². The molecule has 1 saturated heterocycles. The second-order valence-electron chi connectivity index (χ2n) is 6.88. The molecule has 0 aromatic heterocycles. The number of aliphatic carboxylic acids is 1. The van der Waals surface area contributed by atoms with Gasteiger partial charge in [-0.05, 0) is 38.0 Å². The van der Waals surface area contributed by atoms with E-state index in [2.05, 4.69) is 5.32 Å². The lowest BCUT2D eigenvalue weighted by Gasteiger charge is -2.31. The molecule has 3 N–H and O–H groups in total. The van der Waals surface area contributed by atoms with Crippen LogP contribution in [0, 0.1) is 5.92 Å². The Labute approximate surface area is 175 Å². The minimum absolute atomic E-state index is 0.0386. The molecule has 0 aliphatic carbocycles. The van der Waals surface area contributed by atoms with Crippen LogP contribution < -0.4 is 5.32 Å². The van der Waals surface area contributed by atoms with Gasteiger partial charge in [-0.1, -0.05) is 11.6 Å². The van der Waals surface area contributed by atoms with Crippen LogP contribution in [-0.4, -0.2) is 60.0 Å². The number of amides is 1. The molecule has 30 heavy (non-hydrogen) atoms. The maximum Gasteiger partial charge on any atom is 0.417 e. The summed E-state index contributed by atoms with van der Waals surface area (Å²) >= 11 is 5.52. The molecule has 1 heterocycles. The molecule has 1 amide bonds. The Bertz CT molecular complexity index is 915. The number of aliphatic hydroxyl groups excluding tert-OH is 1. The van der Waals surface area contributed by atoms with Crippen molar-refractivity contribution in [2.45, 2.75) is 43.0 Å². The van der Waals surface area contributed by atoms with Gasteiger partial charge in [0.05, 0.1) is 21.6 Å². The zero-order valence-electron chi connectivity index (χ0n) is 15.7. The first-order chi connectivity index (χ1) is 13.7. The molecule has 0 bridgehead atoms. The van der Waals surface area contributed by atoms with Crippen LogP contribution in [0.4, 0.5) is 13.2 Å². The summed E-state index contributed by atoms with van der Waals surface area (Å²) in [6, 6.07) is 0.802. The maximum atomic E-state index is 13.0. The lowest BCUT2D eigenvalue weighted by Crippen LogP contribution is -2.51. The first-order valence-electron chi connectivity index (χ1n) is 8.83. The molecule has 0 spiro atoms. The van der Waals surface area contributed by atoms with Crippen molar-refractivity contribution >= 4 is 33.5 Å². The van der Waals surface area contributed by atoms with Gasteiger partial charge in [0.1, 0.15) is 0 Å². The number of aliphatic hydroxyl groups is 1. The number of rotatable bonds is 6. The van der Waals surface area contributed by atoms with Gasteiger partial charge in [0.15, 0.2) is 6.04 Å². The van der Waals surface area contributed by atoms with Crippen LogP contribution >= 0.6 is 11.6 Å². The largest absolute Gasteiger partial charge is 0.480 e. The topological polar surface area (TPSA) is 124 Å². The summed E-state index contributed by atoms with van der Waals surface area (Å²) in [6.07, 6.45) is -6.08. The standard InChI is InChI=1S/C17H20ClF3N2O6S/c1-9(24)14(16(26)27)22-15(25)10-4-6-23(7-5-10)30(28,29)11-2-3-13(18)12(8-11)17(19,20)21/h2-3,8-10,14,24H,4-7H2,1H3,(H,22,25)(H,26,27)/t9-,14+/m1/s1. The summed E-state index contributed by atoms with van der Waals surface area (Å²) in [6.45, 7) is 0.920. The molecule has 2 rings (SSSR count). The predicted molar refractivity (Wildman–Crippen MR) is 99.2 cm³/mol. The van der Waals surface area contributed by atoms with Crippen LogP contribution in [0.1, 0.15) is 25.3 Å². The van der Waals surface area contributed by atoms with E-state index in [9.17, 15) is 36.3 Å². The highest BCUT2D eigenvalue weighted by Crippen LogP contribution is 2.36. The number of carbonyl (C=O) groups is 2. The van der Waals surface area contributed by atoms with Crippen LogP contribution in [-0.2, 0) is 25.8 Å². The summed E-state index contributed by atoms with van der Waals surface area (Å²) in [5, 5.41) is 20.0. The third-order valence-corrected chi connectivity index (χ3v) is 6.98. The Hall–Kier alpha value is -1.89. The molecule has 13 heteroatoms. The first kappa shape index (κ1) is 24.4. The maximum absolute atomic E-state index is 13.0. The number of piperidine rings is 1. The number of hydrogen-bond donors (Lipinski definition) is 3. The van der Waals surface area contributed by atoms with E-state index in [4.69, 9.17) is 16.7 Å². The van der Waals surface area contributed by atoms with E-state index in [0.29, 0.717) is 6.07 Å². The lowest BCUT2D eigenvalue weighted by atomic mass is 9.96. The molecule has 8 nitrogen and oxygen atoms in total. The number of nitrogens with zero attached hydrogens (tertiary/aromatic N) is 1. The third-order valence-electron chi connectivity index (χ3n) is 4.75. The molecule has 1 aliphatic rings. The molecule has 1 aromatic rings. The van der Waals surface area contributed by atoms with Crippen molar-refractivity contribution in [3.8, 4) is 0 Å². The average Bonchev–Trinajstić information content (AvgIpc) is 2.64. The number of carboxylic acids is 1. The van der Waals surface area contributed by atoms with E-state index in [1.54, 1.807) is 0 Å². The van der Waals surface area contributed by atoms with Crippen LogP contribution in [0.25, 0.3) is 0 Å². The minimum atomic E-state index is -4.82. The van der Waals surface area contributed by atoms with Crippen LogP contribution in [0.2, 0.25) is 5.02 Å². The van der Waals surface area contributed by atoms with Crippen molar-refractivity contribution in [1.82, 2.24) is 9.62 Å². The van der Waals surface area contributed by atoms with Crippen molar-refractivity contribution < 1.29 is 41.4 Å². The SMILES string of the molecule is C[C@@H](O)[C@H](NC(=O)C1CCN(S(=O)(=O)c2ccc(Cl)c(C(F)(F)F)c2)CC1)C(=O)O. The predicted octanol–water partition coefficient (Wildman–Crippen LogP) is 1.71. The Morgan fingerprint density at radius 1 is 1.27 bits per heavy atom. The number of hydrogen-bond acceptors (Lipinski definition) is 5. The lowest BCUT2D eigenvalue weighted by molar-refractivity contribution is -0.145. The van der Waals surface area contributed by atoms with E-state index >= 15 is 0 Å². The summed E-state index contributed by atoms with van der Waals surface area (Å²) in [7, 11) is -4.25. The van der Waals surface area contributed by atoms with Crippen molar-refractivity contribution in [3.63, 3.8) is 0 Å². The molecule has 0 saturated carbocycles. The van der Waals surface area contributed by atoms with Crippen molar-refractivity contribution in [3.05, 3.63) is 28.8 Å². The van der Waals surface area contributed by atoms with Gasteiger partial charge >= 0.3 is 12.1 Å². The molecule has 1 aromatic carbocycles. The number of carboxylic acid groups (broad SMARTS) is 1. The van der Waals surface area contributed by atoms with Crippen LogP contribution in [0.15, 0.2) is 23.1 Å². The molecule has 2 atom stereocenters. The highest BCUT2D eigenvalue weighted by Gasteiger charge is 2.37. The van der Waals surface area contributed by atoms with Crippen molar-refractivity contribution in [2.75, 3.05) is 13.1 Å². The number of carbonyl (C=O) groups excluding carboxylic acids is 1. The molecule has 1 fully saturated rings. The van der Waals surface area contributed by atoms with Gasteiger partial charge in [-0.3, -0.25) is 4.79 Å². The fraction of sp³-hybridized carbons (Fsp3) is 0.529. The Balaban J connectivity index is 2.11. The number of alkyl halides is 3. The number of sulfonamides is 1. The second kappa shape index (κ2) is 9.08. The molecule has 0 radical (unpaired) electrons. The quantitative estimate of drug-likeness (QED) is 0.579. The van der Waals surface area contributed by atoms with Gasteiger partial charge in [-0.2, -0.15) is 17.5 Å². The Kier molecular flexibility index (Phi) is 7.38. The number of halogens is 4. The number of nitrogens with one attached hydrogen (secondary N) is 1. The summed E-state index contributed by atoms with van der Waals surface area (Å²) in [4.78, 5) is 22.7. The van der Waals surface area contributed by atoms with Crippen LogP contribution in [0.5, 0.6) is 0 Å². The number of benzene rings is 1. The van der Waals surface area contributed by atoms with Crippen LogP contribution in [0.3, 0.4) is 0 Å². The smallest absolute Gasteiger partial charge is 0.417 e. The summed E-state index contributed by atoms with van der Waals surface area (Å²) in [5.41, 5.74) is -1.27. The van der Waals surface area contributed by atoms with E-state index < -0.39 is 61.6 Å². The summed E-state index contributed by atoms with van der Waals surface area (Å²) < 4.78 is 65.5. The van der Waals surface area contributed by atoms with Gasteiger partial charge in [0, 0.05) is 19.0 Å². The zero-order chi connectivity index (χ0) is 22.9. The van der Waals surface area contributed by atoms with Crippen molar-refractivity contribution in [2.24, 2.45) is 5.92 Å². The van der Waals surface area contributed by atoms with E-state index in [1.165, 1.54) is 6.92 Å². The average molecular weight is 473 g/mol. The highest BCUT2D eigenvalue weighted by atomic mass is 35.5. The fourth-order valence-electron chi connectivity index (χ4n) is 3.05. The minimum Gasteiger partial charge on any atom is -0.480 e. The Morgan fingerprint density at radius 3 is 2.30 bits per heavy atom. The van der Waals surface area contributed by atoms with Gasteiger partial charge < -0.3 is 15.5 Å². The highest BCUT2D eigenvalue weighted by molar-refractivity contribution is 7.89. The van der Waals surface area contributed by atoms with E-state index in [1.807, 2.05) is 0 Å². The molecule has 1 aliphatic heterocycles. The summed E-state index contributed by atoms with van der Waals surface area (Å²) in [5.74, 6) is -2.76. The van der Waals surface area contributed by atoms with Gasteiger partial charge in [-0.25, -0.2) is 13.2 Å². The Morgan fingerprint density at radius 2 is 1.83 bits per heavy atom. The van der Waals surface area contributed by atoms with Gasteiger partial charge in [-0.15, -0.1) is 0 Å². The normalized spacial score (nSPS) is 18.6. The molecular weight excluding hydrogens is 453 g/mol. The monoisotopic (exact) mass is 472 g/mol. The van der Waals surface area contributed by atoms with Crippen molar-refractivity contribution in [1.29, 1.82) is 0 Å². The second-order valence-corrected chi connectivity index (χ2v) is 9.23. The zero-order valence-corrected chi connectivity index (χ0v) is 17.3. The van der Waals surface area contributed by atoms with E-state index in [0.717, 1.165) is 16.4 Å². The molecule has 168 valence electrons. The molecular formula is C17H20ClF3N2O6S. The third kappa shape index (κ3) is 5.42. The fourth-order valence-corrected chi connectivity index (χ4v) is 4.77.